The van der Waals surface area contributed by atoms with Crippen LogP contribution in [0.15, 0.2) is 0 Å². The highest BCUT2D eigenvalue weighted by Crippen LogP contribution is 2.15. The molecule has 0 amide bonds. The van der Waals surface area contributed by atoms with Crippen LogP contribution in [0.2, 0.25) is 0 Å². The number of rotatable bonds is 6. The van der Waals surface area contributed by atoms with E-state index in [9.17, 15) is 8.42 Å². The zero-order valence-electron chi connectivity index (χ0n) is 10.8. The van der Waals surface area contributed by atoms with Gasteiger partial charge < -0.3 is 10.0 Å². The Morgan fingerprint density at radius 2 is 2.12 bits per heavy atom. The summed E-state index contributed by atoms with van der Waals surface area (Å²) in [5.41, 5.74) is 0. The highest BCUT2D eigenvalue weighted by molar-refractivity contribution is 7.89. The lowest BCUT2D eigenvalue weighted by molar-refractivity contribution is 0.121. The maximum Gasteiger partial charge on any atom is 0.213 e. The van der Waals surface area contributed by atoms with E-state index in [0.717, 1.165) is 32.5 Å². The minimum Gasteiger partial charge on any atom is -0.396 e. The van der Waals surface area contributed by atoms with Crippen LogP contribution in [0.5, 0.6) is 0 Å². The van der Waals surface area contributed by atoms with Gasteiger partial charge >= 0.3 is 0 Å². The average molecular weight is 264 g/mol. The van der Waals surface area contributed by atoms with Crippen LogP contribution < -0.4 is 0 Å². The van der Waals surface area contributed by atoms with Crippen molar-refractivity contribution in [2.75, 3.05) is 46.1 Å². The summed E-state index contributed by atoms with van der Waals surface area (Å²) >= 11 is 0. The standard InChI is InChI=1S/C11H24N2O3S/c1-12(2)17(15,16)8-4-7-13-6-3-5-11(9-13)10-14/h11,14H,3-10H2,1-2H3/t11-/m1/s1. The topological polar surface area (TPSA) is 60.9 Å². The first-order chi connectivity index (χ1) is 7.95. The molecule has 0 saturated carbocycles. The zero-order chi connectivity index (χ0) is 12.9. The highest BCUT2D eigenvalue weighted by atomic mass is 32.2. The van der Waals surface area contributed by atoms with Crippen molar-refractivity contribution in [2.24, 2.45) is 5.92 Å². The SMILES string of the molecule is CN(C)S(=O)(=O)CCCN1CCC[C@@H](CO)C1. The molecule has 102 valence electrons. The quantitative estimate of drug-likeness (QED) is 0.732. The fourth-order valence-corrected chi connectivity index (χ4v) is 3.02. The van der Waals surface area contributed by atoms with Gasteiger partial charge in [-0.1, -0.05) is 0 Å². The second-order valence-electron chi connectivity index (χ2n) is 4.94. The Kier molecular flexibility index (Phi) is 5.85. The number of nitrogens with zero attached hydrogens (tertiary/aromatic N) is 2. The Morgan fingerprint density at radius 1 is 1.41 bits per heavy atom. The van der Waals surface area contributed by atoms with E-state index in [-0.39, 0.29) is 12.4 Å². The zero-order valence-corrected chi connectivity index (χ0v) is 11.6. The Bertz CT molecular complexity index is 317. The van der Waals surface area contributed by atoms with Crippen molar-refractivity contribution in [3.8, 4) is 0 Å². The van der Waals surface area contributed by atoms with Gasteiger partial charge in [0.2, 0.25) is 10.0 Å². The van der Waals surface area contributed by atoms with Gasteiger partial charge in [-0.25, -0.2) is 12.7 Å². The molecule has 6 heteroatoms. The van der Waals surface area contributed by atoms with Crippen LogP contribution in [0.3, 0.4) is 0 Å². The van der Waals surface area contributed by atoms with E-state index in [1.54, 1.807) is 14.1 Å². The Morgan fingerprint density at radius 3 is 2.71 bits per heavy atom. The fraction of sp³-hybridized carbons (Fsp3) is 1.00. The third kappa shape index (κ3) is 4.91. The normalized spacial score (nSPS) is 23.2. The second-order valence-corrected chi connectivity index (χ2v) is 7.25. The van der Waals surface area contributed by atoms with Crippen LogP contribution in [0.1, 0.15) is 19.3 Å². The first-order valence-corrected chi connectivity index (χ1v) is 7.80. The van der Waals surface area contributed by atoms with Gasteiger partial charge in [-0.3, -0.25) is 0 Å². The monoisotopic (exact) mass is 264 g/mol. The molecule has 0 aromatic heterocycles. The van der Waals surface area contributed by atoms with Gasteiger partial charge in [0, 0.05) is 27.2 Å². The summed E-state index contributed by atoms with van der Waals surface area (Å²) in [6.07, 6.45) is 2.85. The molecule has 0 aliphatic carbocycles. The molecule has 0 aromatic carbocycles. The largest absolute Gasteiger partial charge is 0.396 e. The van der Waals surface area contributed by atoms with Gasteiger partial charge in [0.1, 0.15) is 0 Å². The molecule has 1 aliphatic rings. The van der Waals surface area contributed by atoms with Gasteiger partial charge in [-0.2, -0.15) is 0 Å². The minimum absolute atomic E-state index is 0.209. The lowest BCUT2D eigenvalue weighted by Crippen LogP contribution is -2.38. The molecule has 17 heavy (non-hydrogen) atoms. The molecule has 1 rings (SSSR count). The van der Waals surface area contributed by atoms with Crippen molar-refractivity contribution in [1.82, 2.24) is 9.21 Å². The molecule has 1 heterocycles. The van der Waals surface area contributed by atoms with Crippen LogP contribution in [0.25, 0.3) is 0 Å². The van der Waals surface area contributed by atoms with E-state index in [2.05, 4.69) is 4.90 Å². The van der Waals surface area contributed by atoms with E-state index in [4.69, 9.17) is 5.11 Å². The molecule has 1 saturated heterocycles. The van der Waals surface area contributed by atoms with E-state index in [1.807, 2.05) is 0 Å². The molecule has 0 spiro atoms. The van der Waals surface area contributed by atoms with Gasteiger partial charge in [0.25, 0.3) is 0 Å². The number of aliphatic hydroxyl groups excluding tert-OH is 1. The van der Waals surface area contributed by atoms with Gasteiger partial charge in [-0.15, -0.1) is 0 Å². The van der Waals surface area contributed by atoms with Crippen molar-refractivity contribution >= 4 is 10.0 Å². The van der Waals surface area contributed by atoms with Crippen LogP contribution >= 0.6 is 0 Å². The summed E-state index contributed by atoms with van der Waals surface area (Å²) in [6, 6.07) is 0. The molecule has 1 fully saturated rings. The summed E-state index contributed by atoms with van der Waals surface area (Å²) in [4.78, 5) is 2.26. The van der Waals surface area contributed by atoms with E-state index in [1.165, 1.54) is 4.31 Å². The molecule has 1 aliphatic heterocycles. The van der Waals surface area contributed by atoms with Crippen LogP contribution in [-0.4, -0.2) is 68.8 Å². The smallest absolute Gasteiger partial charge is 0.213 e. The molecular formula is C11H24N2O3S. The van der Waals surface area contributed by atoms with E-state index < -0.39 is 10.0 Å². The Labute approximate surface area is 104 Å². The van der Waals surface area contributed by atoms with Crippen molar-refractivity contribution in [3.05, 3.63) is 0 Å². The molecule has 0 aromatic rings. The number of likely N-dealkylation sites (tertiary alicyclic amines) is 1. The van der Waals surface area contributed by atoms with Crippen molar-refractivity contribution in [2.45, 2.75) is 19.3 Å². The highest BCUT2D eigenvalue weighted by Gasteiger charge is 2.20. The maximum atomic E-state index is 11.6. The minimum atomic E-state index is -3.06. The molecule has 0 radical (unpaired) electrons. The van der Waals surface area contributed by atoms with E-state index in [0.29, 0.717) is 12.3 Å². The van der Waals surface area contributed by atoms with Crippen LogP contribution in [0.4, 0.5) is 0 Å². The predicted octanol–water partition coefficient (Wildman–Crippen LogP) is -0.0278. The third-order valence-electron chi connectivity index (χ3n) is 3.29. The average Bonchev–Trinajstić information content (AvgIpc) is 2.29. The summed E-state index contributed by atoms with van der Waals surface area (Å²) in [5, 5.41) is 9.11. The molecule has 1 N–H and O–H groups in total. The summed E-state index contributed by atoms with van der Waals surface area (Å²) in [5.74, 6) is 0.578. The van der Waals surface area contributed by atoms with Gasteiger partial charge in [0.05, 0.1) is 5.75 Å². The van der Waals surface area contributed by atoms with Gasteiger partial charge in [0.15, 0.2) is 0 Å². The molecular weight excluding hydrogens is 240 g/mol. The maximum absolute atomic E-state index is 11.6. The van der Waals surface area contributed by atoms with Crippen LogP contribution in [0, 0.1) is 5.92 Å². The van der Waals surface area contributed by atoms with Gasteiger partial charge in [-0.05, 0) is 38.3 Å². The Balaban J connectivity index is 2.27. The molecule has 0 unspecified atom stereocenters. The summed E-state index contributed by atoms with van der Waals surface area (Å²) in [7, 11) is 0.0741. The van der Waals surface area contributed by atoms with Crippen LogP contribution in [-0.2, 0) is 10.0 Å². The molecule has 1 atom stereocenters. The summed E-state index contributed by atoms with van der Waals surface area (Å²) in [6.45, 7) is 2.98. The lowest BCUT2D eigenvalue weighted by Gasteiger charge is -2.31. The lowest BCUT2D eigenvalue weighted by atomic mass is 9.99. The first kappa shape index (κ1) is 14.9. The number of hydrogen-bond acceptors (Lipinski definition) is 4. The van der Waals surface area contributed by atoms with Crippen molar-refractivity contribution in [1.29, 1.82) is 0 Å². The predicted molar refractivity (Wildman–Crippen MR) is 68.3 cm³/mol. The molecule has 5 nitrogen and oxygen atoms in total. The Hall–Kier alpha value is -0.170. The summed E-state index contributed by atoms with van der Waals surface area (Å²) < 4.78 is 24.4. The van der Waals surface area contributed by atoms with Crippen molar-refractivity contribution in [3.63, 3.8) is 0 Å². The second kappa shape index (κ2) is 6.68. The number of hydrogen-bond donors (Lipinski definition) is 1. The molecule has 0 bridgehead atoms. The van der Waals surface area contributed by atoms with Crippen molar-refractivity contribution < 1.29 is 13.5 Å². The number of sulfonamides is 1. The number of piperidine rings is 1. The number of aliphatic hydroxyl groups is 1. The first-order valence-electron chi connectivity index (χ1n) is 6.19. The van der Waals surface area contributed by atoms with E-state index >= 15 is 0 Å². The third-order valence-corrected chi connectivity index (χ3v) is 5.21. The fourth-order valence-electron chi connectivity index (χ4n) is 2.16.